The molecular weight excluding hydrogens is 386 g/mol. The van der Waals surface area contributed by atoms with Gasteiger partial charge < -0.3 is 30.3 Å². The highest BCUT2D eigenvalue weighted by Gasteiger charge is 2.42. The van der Waals surface area contributed by atoms with Gasteiger partial charge in [-0.25, -0.2) is 0 Å². The van der Waals surface area contributed by atoms with Gasteiger partial charge in [-0.15, -0.1) is 0 Å². The van der Waals surface area contributed by atoms with Crippen molar-refractivity contribution >= 4 is 11.5 Å². The van der Waals surface area contributed by atoms with E-state index in [0.29, 0.717) is 5.56 Å². The molecule has 1 heterocycles. The molecule has 156 valence electrons. The molecule has 0 spiro atoms. The van der Waals surface area contributed by atoms with Crippen LogP contribution in [-0.2, 0) is 4.74 Å². The summed E-state index contributed by atoms with van der Waals surface area (Å²) in [5.74, 6) is -0.335. The van der Waals surface area contributed by atoms with E-state index in [1.165, 1.54) is 12.1 Å². The van der Waals surface area contributed by atoms with E-state index in [2.05, 4.69) is 4.74 Å². The number of rotatable bonds is 4. The first-order valence-electron chi connectivity index (χ1n) is 8.59. The Balaban J connectivity index is 0.000000221. The number of benzene rings is 2. The minimum absolute atomic E-state index is 0.115. The van der Waals surface area contributed by atoms with Crippen LogP contribution in [-0.4, -0.2) is 73.6 Å². The fourth-order valence-electron chi connectivity index (χ4n) is 2.65. The summed E-state index contributed by atoms with van der Waals surface area (Å²) in [6, 6.07) is 14.5. The van der Waals surface area contributed by atoms with Gasteiger partial charge in [0.2, 0.25) is 0 Å². The van der Waals surface area contributed by atoms with Gasteiger partial charge in [-0.05, 0) is 6.07 Å². The number of nitro groups is 1. The fraction of sp³-hybridized carbons (Fsp3) is 0.316. The minimum Gasteiger partial charge on any atom is -0.394 e. The van der Waals surface area contributed by atoms with E-state index in [4.69, 9.17) is 25.5 Å². The van der Waals surface area contributed by atoms with Crippen LogP contribution in [0.25, 0.3) is 0 Å². The highest BCUT2D eigenvalue weighted by molar-refractivity contribution is 6.11. The predicted molar refractivity (Wildman–Crippen MR) is 99.0 cm³/mol. The van der Waals surface area contributed by atoms with E-state index in [1.807, 2.05) is 0 Å². The van der Waals surface area contributed by atoms with Crippen LogP contribution in [0.1, 0.15) is 15.9 Å². The molecule has 0 radical (unpaired) electrons. The van der Waals surface area contributed by atoms with E-state index >= 15 is 0 Å². The van der Waals surface area contributed by atoms with Crippen LogP contribution < -0.4 is 0 Å². The SMILES string of the molecule is O=C(c1ccccc1)c1ccccc1[N+](=O)[O-].OC[C@H]1OC(O)[C@@H](O)[C@@H](O)[C@@H]1O. The van der Waals surface area contributed by atoms with E-state index < -0.39 is 42.2 Å². The molecular formula is C19H21NO9. The zero-order valence-electron chi connectivity index (χ0n) is 15.1. The lowest BCUT2D eigenvalue weighted by Gasteiger charge is -2.37. The van der Waals surface area contributed by atoms with Crippen molar-refractivity contribution in [3.8, 4) is 0 Å². The lowest BCUT2D eigenvalue weighted by molar-refractivity contribution is -0.385. The van der Waals surface area contributed by atoms with E-state index in [0.717, 1.165) is 0 Å². The van der Waals surface area contributed by atoms with Crippen molar-refractivity contribution in [3.63, 3.8) is 0 Å². The number of carbonyl (C=O) groups is 1. The van der Waals surface area contributed by atoms with Crippen molar-refractivity contribution < 1.29 is 40.0 Å². The number of hydrogen-bond acceptors (Lipinski definition) is 9. The second kappa shape index (κ2) is 10.2. The molecule has 1 unspecified atom stereocenters. The molecule has 1 fully saturated rings. The molecule has 2 aromatic carbocycles. The number of nitro benzene ring substituents is 1. The highest BCUT2D eigenvalue weighted by atomic mass is 16.6. The second-order valence-electron chi connectivity index (χ2n) is 6.19. The maximum absolute atomic E-state index is 12.1. The van der Waals surface area contributed by atoms with Gasteiger partial charge in [0.05, 0.1) is 11.5 Å². The molecule has 0 bridgehead atoms. The summed E-state index contributed by atoms with van der Waals surface area (Å²) in [7, 11) is 0. The Labute approximate surface area is 165 Å². The molecule has 2 aromatic rings. The van der Waals surface area contributed by atoms with Gasteiger partial charge >= 0.3 is 0 Å². The van der Waals surface area contributed by atoms with E-state index in [-0.39, 0.29) is 17.0 Å². The number of hydrogen-bond donors (Lipinski definition) is 5. The van der Waals surface area contributed by atoms with Gasteiger partial charge in [0.25, 0.3) is 5.69 Å². The van der Waals surface area contributed by atoms with Crippen molar-refractivity contribution in [2.24, 2.45) is 0 Å². The minimum atomic E-state index is -1.57. The predicted octanol–water partition coefficient (Wildman–Crippen LogP) is -0.396. The molecule has 0 aliphatic carbocycles. The quantitative estimate of drug-likeness (QED) is 0.257. The van der Waals surface area contributed by atoms with Crippen LogP contribution in [0.2, 0.25) is 0 Å². The van der Waals surface area contributed by atoms with E-state index in [1.54, 1.807) is 42.5 Å². The highest BCUT2D eigenvalue weighted by Crippen LogP contribution is 2.21. The Morgan fingerprint density at radius 1 is 0.931 bits per heavy atom. The average Bonchev–Trinajstić information content (AvgIpc) is 2.75. The largest absolute Gasteiger partial charge is 0.394 e. The molecule has 1 aliphatic heterocycles. The first-order valence-corrected chi connectivity index (χ1v) is 8.59. The number of nitrogens with zero attached hydrogens (tertiary/aromatic N) is 1. The van der Waals surface area contributed by atoms with Gasteiger partial charge in [0.1, 0.15) is 30.0 Å². The Kier molecular flexibility index (Phi) is 7.91. The number of ketones is 1. The average molecular weight is 407 g/mol. The molecule has 10 heteroatoms. The summed E-state index contributed by atoms with van der Waals surface area (Å²) >= 11 is 0. The normalized spacial score (nSPS) is 26.2. The molecule has 10 nitrogen and oxygen atoms in total. The number of aliphatic hydroxyl groups is 5. The molecule has 3 rings (SSSR count). The maximum Gasteiger partial charge on any atom is 0.280 e. The summed E-state index contributed by atoms with van der Waals surface area (Å²) in [4.78, 5) is 22.3. The topological polar surface area (TPSA) is 171 Å². The molecule has 0 amide bonds. The summed E-state index contributed by atoms with van der Waals surface area (Å²) in [6.45, 7) is -0.526. The third kappa shape index (κ3) is 5.41. The molecule has 0 aromatic heterocycles. The molecule has 1 aliphatic rings. The van der Waals surface area contributed by atoms with Crippen LogP contribution in [0.3, 0.4) is 0 Å². The first-order chi connectivity index (χ1) is 13.8. The number of carbonyl (C=O) groups excluding carboxylic acids is 1. The zero-order chi connectivity index (χ0) is 21.6. The molecule has 5 atom stereocenters. The van der Waals surface area contributed by atoms with Gasteiger partial charge in [0, 0.05) is 11.6 Å². The zero-order valence-corrected chi connectivity index (χ0v) is 15.1. The van der Waals surface area contributed by atoms with Gasteiger partial charge in [-0.3, -0.25) is 14.9 Å². The van der Waals surface area contributed by atoms with Gasteiger partial charge in [-0.2, -0.15) is 0 Å². The maximum atomic E-state index is 12.1. The van der Waals surface area contributed by atoms with E-state index in [9.17, 15) is 14.9 Å². The van der Waals surface area contributed by atoms with Crippen molar-refractivity contribution in [1.82, 2.24) is 0 Å². The van der Waals surface area contributed by atoms with Gasteiger partial charge in [-0.1, -0.05) is 42.5 Å². The molecule has 0 saturated carbocycles. The lowest BCUT2D eigenvalue weighted by atomic mass is 10.00. The lowest BCUT2D eigenvalue weighted by Crippen LogP contribution is -2.58. The summed E-state index contributed by atoms with van der Waals surface area (Å²) < 4.78 is 4.58. The fourth-order valence-corrected chi connectivity index (χ4v) is 2.65. The second-order valence-corrected chi connectivity index (χ2v) is 6.19. The number of aliphatic hydroxyl groups excluding tert-OH is 5. The third-order valence-corrected chi connectivity index (χ3v) is 4.25. The summed E-state index contributed by atoms with van der Waals surface area (Å²) in [6.07, 6.45) is -7.04. The number of ether oxygens (including phenoxy) is 1. The standard InChI is InChI=1S/C13H9NO3.C6H12O6/c15-13(10-6-2-1-3-7-10)11-8-4-5-9-12(11)14(16)17;7-1-2-3(8)4(9)5(10)6(11)12-2/h1-9H;2-11H,1H2/t;2-,3-,4+,5+,6?/m.1/s1. The Bertz CT molecular complexity index is 825. The Hall–Kier alpha value is -2.73. The van der Waals surface area contributed by atoms with Crippen molar-refractivity contribution in [2.75, 3.05) is 6.61 Å². The Morgan fingerprint density at radius 3 is 2.10 bits per heavy atom. The monoisotopic (exact) mass is 407 g/mol. The van der Waals surface area contributed by atoms with Crippen molar-refractivity contribution in [1.29, 1.82) is 0 Å². The summed E-state index contributed by atoms with van der Waals surface area (Å²) in [5.41, 5.74) is 0.395. The smallest absolute Gasteiger partial charge is 0.280 e. The van der Waals surface area contributed by atoms with Crippen LogP contribution in [0.4, 0.5) is 5.69 Å². The molecule has 5 N–H and O–H groups in total. The number of para-hydroxylation sites is 1. The van der Waals surface area contributed by atoms with Crippen LogP contribution >= 0.6 is 0 Å². The Morgan fingerprint density at radius 2 is 1.52 bits per heavy atom. The molecule has 1 saturated heterocycles. The first kappa shape index (κ1) is 22.6. The van der Waals surface area contributed by atoms with Crippen LogP contribution in [0.5, 0.6) is 0 Å². The van der Waals surface area contributed by atoms with Gasteiger partial charge in [0.15, 0.2) is 12.1 Å². The van der Waals surface area contributed by atoms with Crippen LogP contribution in [0.15, 0.2) is 54.6 Å². The van der Waals surface area contributed by atoms with Crippen molar-refractivity contribution in [2.45, 2.75) is 30.7 Å². The van der Waals surface area contributed by atoms with Crippen molar-refractivity contribution in [3.05, 3.63) is 75.8 Å². The third-order valence-electron chi connectivity index (χ3n) is 4.25. The summed E-state index contributed by atoms with van der Waals surface area (Å²) in [5, 5.41) is 55.5. The van der Waals surface area contributed by atoms with Crippen LogP contribution in [0, 0.1) is 10.1 Å². The molecule has 29 heavy (non-hydrogen) atoms.